The molecule has 1 nitrogen and oxygen atoms in total. The maximum atomic E-state index is 4.43. The Labute approximate surface area is 220 Å². The van der Waals surface area contributed by atoms with Gasteiger partial charge in [-0.1, -0.05) is 56.7 Å². The van der Waals surface area contributed by atoms with Gasteiger partial charge in [0, 0.05) is 28.4 Å². The van der Waals surface area contributed by atoms with Crippen molar-refractivity contribution in [3.63, 3.8) is 0 Å². The largest absolute Gasteiger partial charge is 0.375 e. The Hall–Kier alpha value is -1.77. The van der Waals surface area contributed by atoms with Crippen molar-refractivity contribution in [1.82, 2.24) is 4.90 Å². The molecule has 34 heavy (non-hydrogen) atoms. The number of rotatable bonds is 5. The zero-order valence-electron chi connectivity index (χ0n) is 23.2. The molecule has 0 amide bonds. The highest BCUT2D eigenvalue weighted by atomic mass is 35.5. The number of likely N-dealkylation sites (tertiary alicyclic amines) is 1. The summed E-state index contributed by atoms with van der Waals surface area (Å²) in [6.07, 6.45) is 7.35. The molecule has 0 bridgehead atoms. The van der Waals surface area contributed by atoms with Crippen molar-refractivity contribution < 1.29 is 0 Å². The molecule has 1 aliphatic rings. The van der Waals surface area contributed by atoms with E-state index in [-0.39, 0.29) is 12.4 Å². The van der Waals surface area contributed by atoms with Gasteiger partial charge in [0.15, 0.2) is 0 Å². The number of piperidine rings is 1. The summed E-state index contributed by atoms with van der Waals surface area (Å²) in [6.45, 7) is 29.5. The Morgan fingerprint density at radius 1 is 1.00 bits per heavy atom. The first-order valence-electron chi connectivity index (χ1n) is 12.6. The van der Waals surface area contributed by atoms with Crippen LogP contribution in [0.2, 0.25) is 0 Å². The molecule has 0 atom stereocenters. The van der Waals surface area contributed by atoms with Crippen LogP contribution in [0.1, 0.15) is 90.2 Å². The lowest BCUT2D eigenvalue weighted by Gasteiger charge is -2.31. The van der Waals surface area contributed by atoms with Crippen LogP contribution in [0.25, 0.3) is 15.7 Å². The van der Waals surface area contributed by atoms with Crippen LogP contribution in [0.4, 0.5) is 0 Å². The van der Waals surface area contributed by atoms with Crippen LogP contribution in [0.15, 0.2) is 59.8 Å². The smallest absolute Gasteiger partial charge is 0.0352 e. The van der Waals surface area contributed by atoms with E-state index >= 15 is 0 Å². The van der Waals surface area contributed by atoms with Crippen molar-refractivity contribution in [3.8, 4) is 0 Å². The molecule has 0 saturated carbocycles. The van der Waals surface area contributed by atoms with Crippen molar-refractivity contribution >= 4 is 39.4 Å². The Balaban J connectivity index is 0.00000141. The number of aryl methyl sites for hydroxylation is 2. The van der Waals surface area contributed by atoms with Crippen LogP contribution in [0, 0.1) is 13.8 Å². The zero-order valence-corrected chi connectivity index (χ0v) is 24.9. The second-order valence-electron chi connectivity index (χ2n) is 9.07. The van der Waals surface area contributed by atoms with Gasteiger partial charge in [-0.3, -0.25) is 0 Å². The fraction of sp³-hybridized carbons (Fsp3) is 0.484. The molecular formula is C31H48ClNS. The average molecular weight is 502 g/mol. The first-order valence-corrected chi connectivity index (χ1v) is 13.4. The first-order chi connectivity index (χ1) is 15.6. The van der Waals surface area contributed by atoms with Gasteiger partial charge in [-0.15, -0.1) is 30.3 Å². The average Bonchev–Trinajstić information content (AvgIpc) is 3.13. The number of hydrogen-bond donors (Lipinski definition) is 0. The minimum atomic E-state index is 0. The molecule has 1 aromatic heterocycles. The quantitative estimate of drug-likeness (QED) is 0.290. The van der Waals surface area contributed by atoms with Gasteiger partial charge in [-0.2, -0.15) is 0 Å². The molecule has 3 heteroatoms. The lowest BCUT2D eigenvalue weighted by Crippen LogP contribution is -2.28. The van der Waals surface area contributed by atoms with E-state index in [4.69, 9.17) is 0 Å². The topological polar surface area (TPSA) is 3.24 Å². The Kier molecular flexibility index (Phi) is 15.2. The van der Waals surface area contributed by atoms with E-state index in [2.05, 4.69) is 77.0 Å². The van der Waals surface area contributed by atoms with E-state index in [0.29, 0.717) is 0 Å². The van der Waals surface area contributed by atoms with Gasteiger partial charge in [0.2, 0.25) is 0 Å². The third-order valence-electron chi connectivity index (χ3n) is 5.97. The van der Waals surface area contributed by atoms with Gasteiger partial charge in [-0.05, 0) is 101 Å². The molecule has 1 aliphatic heterocycles. The highest BCUT2D eigenvalue weighted by Crippen LogP contribution is 2.38. The Morgan fingerprint density at radius 3 is 2.09 bits per heavy atom. The Bertz CT molecular complexity index is 996. The van der Waals surface area contributed by atoms with Crippen LogP contribution in [-0.4, -0.2) is 18.0 Å². The van der Waals surface area contributed by atoms with E-state index < -0.39 is 0 Å². The van der Waals surface area contributed by atoms with Crippen LogP contribution in [0.5, 0.6) is 0 Å². The fourth-order valence-electron chi connectivity index (χ4n) is 3.99. The molecule has 0 aliphatic carbocycles. The third-order valence-corrected chi connectivity index (χ3v) is 7.32. The number of hydrogen-bond acceptors (Lipinski definition) is 2. The molecule has 2 aromatic rings. The van der Waals surface area contributed by atoms with Gasteiger partial charge in [-0.25, -0.2) is 0 Å². The summed E-state index contributed by atoms with van der Waals surface area (Å²) >= 11 is 1.92. The van der Waals surface area contributed by atoms with Crippen molar-refractivity contribution in [2.45, 2.75) is 88.0 Å². The van der Waals surface area contributed by atoms with Crippen LogP contribution < -0.4 is 0 Å². The predicted octanol–water partition coefficient (Wildman–Crippen LogP) is 10.7. The maximum Gasteiger partial charge on any atom is 0.0352 e. The number of halogens is 1. The summed E-state index contributed by atoms with van der Waals surface area (Å²) in [7, 11) is 0. The van der Waals surface area contributed by atoms with Crippen molar-refractivity contribution in [2.75, 3.05) is 13.1 Å². The molecule has 1 aromatic carbocycles. The lowest BCUT2D eigenvalue weighted by molar-refractivity contribution is 0.284. The van der Waals surface area contributed by atoms with Crippen LogP contribution >= 0.6 is 23.7 Å². The zero-order chi connectivity index (χ0) is 25.1. The van der Waals surface area contributed by atoms with Crippen LogP contribution in [0.3, 0.4) is 0 Å². The van der Waals surface area contributed by atoms with Crippen molar-refractivity contribution in [3.05, 3.63) is 75.9 Å². The fourth-order valence-corrected chi connectivity index (χ4v) is 5.26. The molecule has 2 heterocycles. The van der Waals surface area contributed by atoms with E-state index in [9.17, 15) is 0 Å². The number of benzene rings is 1. The van der Waals surface area contributed by atoms with E-state index in [0.717, 1.165) is 12.0 Å². The highest BCUT2D eigenvalue weighted by Gasteiger charge is 2.15. The number of allylic oxidation sites excluding steroid dienone is 6. The molecule has 3 rings (SSSR count). The molecule has 0 spiro atoms. The minimum Gasteiger partial charge on any atom is -0.375 e. The molecule has 0 N–H and O–H groups in total. The molecule has 0 radical (unpaired) electrons. The molecule has 1 saturated heterocycles. The SMILES string of the molecule is C=C(/C=C(\CC)c1sc2ccc(C)cc2c1C)/C(C)=C(\C)N1CCCCC1.C=C(C)C.CC.Cl. The second-order valence-corrected chi connectivity index (χ2v) is 10.1. The van der Waals surface area contributed by atoms with Gasteiger partial charge >= 0.3 is 0 Å². The minimum absolute atomic E-state index is 0. The number of nitrogens with zero attached hydrogens (tertiary/aromatic N) is 1. The van der Waals surface area contributed by atoms with Crippen molar-refractivity contribution in [2.24, 2.45) is 0 Å². The standard InChI is InChI=1S/C25H33NS.C4H8.C2H6.ClH/c1-7-22(25-20(5)23-15-17(2)11-12-24(23)27-25)16-18(3)19(4)21(6)26-13-9-8-10-14-26;1-4(2)3;1-2;/h11-12,15-16H,3,7-10,13-14H2,1-2,4-6H3;1H2,2-3H3;1-2H3;1H/b21-19+,22-16+;;;. The summed E-state index contributed by atoms with van der Waals surface area (Å²) in [5.41, 5.74) is 9.20. The van der Waals surface area contributed by atoms with Gasteiger partial charge < -0.3 is 4.90 Å². The van der Waals surface area contributed by atoms with Crippen molar-refractivity contribution in [1.29, 1.82) is 0 Å². The lowest BCUT2D eigenvalue weighted by atomic mass is 9.99. The van der Waals surface area contributed by atoms with E-state index in [1.54, 1.807) is 0 Å². The number of thiophene rings is 1. The van der Waals surface area contributed by atoms with Gasteiger partial charge in [0.1, 0.15) is 0 Å². The van der Waals surface area contributed by atoms with Gasteiger partial charge in [0.05, 0.1) is 0 Å². The number of fused-ring (bicyclic) bond motifs is 1. The predicted molar refractivity (Wildman–Crippen MR) is 162 cm³/mol. The molecule has 0 unspecified atom stereocenters. The van der Waals surface area contributed by atoms with E-state index in [1.165, 1.54) is 80.9 Å². The summed E-state index contributed by atoms with van der Waals surface area (Å²) < 4.78 is 1.38. The molecule has 190 valence electrons. The summed E-state index contributed by atoms with van der Waals surface area (Å²) in [6, 6.07) is 6.79. The summed E-state index contributed by atoms with van der Waals surface area (Å²) in [4.78, 5) is 3.96. The van der Waals surface area contributed by atoms with Crippen LogP contribution in [-0.2, 0) is 0 Å². The Morgan fingerprint density at radius 2 is 1.56 bits per heavy atom. The monoisotopic (exact) mass is 501 g/mol. The van der Waals surface area contributed by atoms with E-state index in [1.807, 2.05) is 39.0 Å². The first kappa shape index (κ1) is 32.2. The summed E-state index contributed by atoms with van der Waals surface area (Å²) in [5, 5.41) is 1.40. The third kappa shape index (κ3) is 9.12. The molecule has 1 fully saturated rings. The maximum absolute atomic E-state index is 4.43. The highest BCUT2D eigenvalue weighted by molar-refractivity contribution is 7.20. The van der Waals surface area contributed by atoms with Gasteiger partial charge in [0.25, 0.3) is 0 Å². The molecular weight excluding hydrogens is 454 g/mol. The normalized spacial score (nSPS) is 14.1. The summed E-state index contributed by atoms with van der Waals surface area (Å²) in [5.74, 6) is 0. The second kappa shape index (κ2) is 16.0.